The Morgan fingerprint density at radius 1 is 1.20 bits per heavy atom. The molecule has 0 saturated carbocycles. The maximum atomic E-state index is 12.5. The molecule has 3 rings (SSSR count). The second kappa shape index (κ2) is 5.45. The molecule has 0 aromatic carbocycles. The molecule has 0 radical (unpaired) electrons. The van der Waals surface area contributed by atoms with Crippen LogP contribution >= 0.6 is 11.5 Å². The van der Waals surface area contributed by atoms with E-state index in [0.717, 1.165) is 44.1 Å². The van der Waals surface area contributed by atoms with Crippen molar-refractivity contribution < 1.29 is 13.2 Å². The number of nitrogens with zero attached hydrogens (tertiary/aromatic N) is 4. The van der Waals surface area contributed by atoms with E-state index in [1.807, 2.05) is 4.90 Å². The van der Waals surface area contributed by atoms with E-state index >= 15 is 0 Å². The van der Waals surface area contributed by atoms with Gasteiger partial charge < -0.3 is 10.2 Å². The highest BCUT2D eigenvalue weighted by Gasteiger charge is 2.37. The summed E-state index contributed by atoms with van der Waals surface area (Å²) in [6, 6.07) is 0.567. The normalized spacial score (nSPS) is 25.4. The number of rotatable bonds is 2. The van der Waals surface area contributed by atoms with E-state index in [2.05, 4.69) is 19.6 Å². The SMILES string of the molecule is FC(F)(F)c1nsc(N2CCN(C3CCNC3)CC2)n1. The first-order valence-electron chi connectivity index (χ1n) is 6.64. The summed E-state index contributed by atoms with van der Waals surface area (Å²) in [4.78, 5) is 7.90. The van der Waals surface area contributed by atoms with E-state index in [1.54, 1.807) is 0 Å². The Labute approximate surface area is 118 Å². The molecule has 1 aromatic heterocycles. The van der Waals surface area contributed by atoms with Gasteiger partial charge >= 0.3 is 6.18 Å². The molecule has 20 heavy (non-hydrogen) atoms. The highest BCUT2D eigenvalue weighted by atomic mass is 32.1. The number of alkyl halides is 3. The third-order valence-electron chi connectivity index (χ3n) is 3.80. The number of nitrogens with one attached hydrogen (secondary N) is 1. The summed E-state index contributed by atoms with van der Waals surface area (Å²) in [5.74, 6) is -1.03. The zero-order valence-corrected chi connectivity index (χ0v) is 11.7. The third-order valence-corrected chi connectivity index (χ3v) is 4.58. The molecule has 5 nitrogen and oxygen atoms in total. The molecule has 1 aromatic rings. The van der Waals surface area contributed by atoms with Gasteiger partial charge in [0.25, 0.3) is 0 Å². The zero-order valence-electron chi connectivity index (χ0n) is 10.9. The largest absolute Gasteiger partial charge is 0.452 e. The van der Waals surface area contributed by atoms with Crippen LogP contribution in [0.2, 0.25) is 0 Å². The Balaban J connectivity index is 1.59. The zero-order chi connectivity index (χ0) is 14.2. The van der Waals surface area contributed by atoms with Gasteiger partial charge in [-0.15, -0.1) is 0 Å². The standard InChI is InChI=1S/C11H16F3N5S/c12-11(13,14)9-16-10(20-17-9)19-5-3-18(4-6-19)8-1-2-15-7-8/h8,15H,1-7H2. The van der Waals surface area contributed by atoms with Crippen LogP contribution in [-0.2, 0) is 6.18 Å². The van der Waals surface area contributed by atoms with Gasteiger partial charge in [0.15, 0.2) is 0 Å². The van der Waals surface area contributed by atoms with Gasteiger partial charge in [-0.25, -0.2) is 0 Å². The van der Waals surface area contributed by atoms with Crippen LogP contribution in [0.3, 0.4) is 0 Å². The molecule has 3 heterocycles. The molecule has 0 amide bonds. The van der Waals surface area contributed by atoms with Gasteiger partial charge in [0.2, 0.25) is 11.0 Å². The molecule has 0 bridgehead atoms. The maximum Gasteiger partial charge on any atom is 0.452 e. The Morgan fingerprint density at radius 2 is 1.95 bits per heavy atom. The van der Waals surface area contributed by atoms with E-state index in [9.17, 15) is 13.2 Å². The van der Waals surface area contributed by atoms with Gasteiger partial charge in [0.05, 0.1) is 0 Å². The summed E-state index contributed by atoms with van der Waals surface area (Å²) in [6.45, 7) is 5.22. The minimum atomic E-state index is -4.45. The maximum absolute atomic E-state index is 12.5. The molecular weight excluding hydrogens is 291 g/mol. The van der Waals surface area contributed by atoms with Crippen LogP contribution < -0.4 is 10.2 Å². The molecular formula is C11H16F3N5S. The predicted molar refractivity (Wildman–Crippen MR) is 70.0 cm³/mol. The molecule has 1 atom stereocenters. The van der Waals surface area contributed by atoms with Gasteiger partial charge in [0.1, 0.15) is 0 Å². The van der Waals surface area contributed by atoms with Crippen LogP contribution in [0.1, 0.15) is 12.2 Å². The monoisotopic (exact) mass is 307 g/mol. The third kappa shape index (κ3) is 2.89. The van der Waals surface area contributed by atoms with Crippen molar-refractivity contribution in [1.29, 1.82) is 0 Å². The number of hydrogen-bond donors (Lipinski definition) is 1. The minimum Gasteiger partial charge on any atom is -0.344 e. The first-order chi connectivity index (χ1) is 9.54. The fraction of sp³-hybridized carbons (Fsp3) is 0.818. The summed E-state index contributed by atoms with van der Waals surface area (Å²) < 4.78 is 40.8. The first-order valence-corrected chi connectivity index (χ1v) is 7.42. The molecule has 1 unspecified atom stereocenters. The fourth-order valence-corrected chi connectivity index (χ4v) is 3.43. The topological polar surface area (TPSA) is 44.3 Å². The molecule has 2 fully saturated rings. The fourth-order valence-electron chi connectivity index (χ4n) is 2.69. The average Bonchev–Trinajstić information content (AvgIpc) is 3.10. The molecule has 112 valence electrons. The van der Waals surface area contributed by atoms with E-state index < -0.39 is 12.0 Å². The van der Waals surface area contributed by atoms with Crippen LogP contribution in [0.4, 0.5) is 18.3 Å². The molecule has 1 N–H and O–H groups in total. The Kier molecular flexibility index (Phi) is 3.83. The van der Waals surface area contributed by atoms with Crippen molar-refractivity contribution in [3.05, 3.63) is 5.82 Å². The summed E-state index contributed by atoms with van der Waals surface area (Å²) in [5.41, 5.74) is 0. The van der Waals surface area contributed by atoms with Crippen molar-refractivity contribution in [3.8, 4) is 0 Å². The average molecular weight is 307 g/mol. The summed E-state index contributed by atoms with van der Waals surface area (Å²) in [7, 11) is 0. The van der Waals surface area contributed by atoms with Gasteiger partial charge in [-0.2, -0.15) is 22.5 Å². The van der Waals surface area contributed by atoms with Crippen LogP contribution in [0.15, 0.2) is 0 Å². The number of anilines is 1. The Bertz CT molecular complexity index is 449. The van der Waals surface area contributed by atoms with Gasteiger partial charge in [-0.1, -0.05) is 0 Å². The predicted octanol–water partition coefficient (Wildman–Crippen LogP) is 1.04. The van der Waals surface area contributed by atoms with E-state index in [-0.39, 0.29) is 0 Å². The van der Waals surface area contributed by atoms with Gasteiger partial charge in [0, 0.05) is 50.3 Å². The Morgan fingerprint density at radius 3 is 2.50 bits per heavy atom. The number of halogens is 3. The molecule has 0 spiro atoms. The van der Waals surface area contributed by atoms with Gasteiger partial charge in [-0.05, 0) is 13.0 Å². The minimum absolute atomic E-state index is 0.376. The van der Waals surface area contributed by atoms with Crippen molar-refractivity contribution in [1.82, 2.24) is 19.6 Å². The second-order valence-corrected chi connectivity index (χ2v) is 5.80. The van der Waals surface area contributed by atoms with E-state index in [0.29, 0.717) is 24.3 Å². The highest BCUT2D eigenvalue weighted by Crippen LogP contribution is 2.30. The number of hydrogen-bond acceptors (Lipinski definition) is 6. The summed E-state index contributed by atoms with van der Waals surface area (Å²) >= 11 is 0.830. The lowest BCUT2D eigenvalue weighted by atomic mass is 10.2. The quantitative estimate of drug-likeness (QED) is 0.884. The van der Waals surface area contributed by atoms with Crippen LogP contribution in [-0.4, -0.2) is 59.6 Å². The van der Waals surface area contributed by atoms with Crippen molar-refractivity contribution >= 4 is 16.7 Å². The van der Waals surface area contributed by atoms with Crippen molar-refractivity contribution in [2.45, 2.75) is 18.6 Å². The van der Waals surface area contributed by atoms with Crippen molar-refractivity contribution in [3.63, 3.8) is 0 Å². The second-order valence-electron chi connectivity index (χ2n) is 5.07. The molecule has 2 aliphatic rings. The van der Waals surface area contributed by atoms with Crippen LogP contribution in [0.5, 0.6) is 0 Å². The first kappa shape index (κ1) is 14.0. The summed E-state index contributed by atoms with van der Waals surface area (Å²) in [5, 5.41) is 3.71. The lowest BCUT2D eigenvalue weighted by molar-refractivity contribution is -0.144. The van der Waals surface area contributed by atoms with Crippen LogP contribution in [0.25, 0.3) is 0 Å². The molecule has 2 saturated heterocycles. The Hall–Kier alpha value is -0.930. The van der Waals surface area contributed by atoms with Gasteiger partial charge in [-0.3, -0.25) is 4.90 Å². The lowest BCUT2D eigenvalue weighted by Crippen LogP contribution is -2.51. The molecule has 9 heteroatoms. The van der Waals surface area contributed by atoms with Crippen LogP contribution in [0, 0.1) is 0 Å². The molecule has 2 aliphatic heterocycles. The highest BCUT2D eigenvalue weighted by molar-refractivity contribution is 7.09. The van der Waals surface area contributed by atoms with E-state index in [4.69, 9.17) is 0 Å². The summed E-state index contributed by atoms with van der Waals surface area (Å²) in [6.07, 6.45) is -3.30. The number of aromatic nitrogens is 2. The lowest BCUT2D eigenvalue weighted by Gasteiger charge is -2.37. The van der Waals surface area contributed by atoms with Crippen molar-refractivity contribution in [2.75, 3.05) is 44.2 Å². The van der Waals surface area contributed by atoms with Crippen molar-refractivity contribution in [2.24, 2.45) is 0 Å². The number of piperazine rings is 1. The van der Waals surface area contributed by atoms with E-state index in [1.165, 1.54) is 0 Å². The smallest absolute Gasteiger partial charge is 0.344 e. The molecule has 0 aliphatic carbocycles.